The fourth-order valence-electron chi connectivity index (χ4n) is 1.51. The minimum absolute atomic E-state index is 0.0236. The van der Waals surface area contributed by atoms with Crippen molar-refractivity contribution in [1.82, 2.24) is 0 Å². The van der Waals surface area contributed by atoms with Crippen LogP contribution in [0.4, 0.5) is 5.69 Å². The number of rotatable bonds is 2. The predicted octanol–water partition coefficient (Wildman–Crippen LogP) is 2.97. The lowest BCUT2D eigenvalue weighted by molar-refractivity contribution is 0.426. The summed E-state index contributed by atoms with van der Waals surface area (Å²) < 4.78 is 0. The van der Waals surface area contributed by atoms with Gasteiger partial charge in [0, 0.05) is 11.3 Å². The molecular formula is C12H19NO. The summed E-state index contributed by atoms with van der Waals surface area (Å²) in [4.78, 5) is 0. The van der Waals surface area contributed by atoms with Gasteiger partial charge >= 0.3 is 0 Å². The van der Waals surface area contributed by atoms with Crippen molar-refractivity contribution in [3.63, 3.8) is 0 Å². The number of benzene rings is 1. The maximum atomic E-state index is 9.93. The Hall–Kier alpha value is -1.18. The molecule has 0 aliphatic heterocycles. The summed E-state index contributed by atoms with van der Waals surface area (Å²) in [5.74, 6) is 0.381. The first-order chi connectivity index (χ1) is 6.38. The second-order valence-electron chi connectivity index (χ2n) is 4.47. The second kappa shape index (κ2) is 3.52. The largest absolute Gasteiger partial charge is 0.507 e. The summed E-state index contributed by atoms with van der Waals surface area (Å²) >= 11 is 0. The Labute approximate surface area is 85.8 Å². The zero-order chi connectivity index (χ0) is 10.9. The molecule has 0 atom stereocenters. The highest BCUT2D eigenvalue weighted by Gasteiger charge is 2.22. The third-order valence-electron chi connectivity index (χ3n) is 2.94. The van der Waals surface area contributed by atoms with E-state index in [2.05, 4.69) is 20.8 Å². The lowest BCUT2D eigenvalue weighted by Gasteiger charge is -2.25. The van der Waals surface area contributed by atoms with Crippen molar-refractivity contribution in [2.24, 2.45) is 0 Å². The molecule has 0 fully saturated rings. The molecule has 0 bridgehead atoms. The molecule has 2 nitrogen and oxygen atoms in total. The average Bonchev–Trinajstić information content (AvgIpc) is 2.11. The predicted molar refractivity (Wildman–Crippen MR) is 60.6 cm³/mol. The van der Waals surface area contributed by atoms with E-state index in [1.54, 1.807) is 6.07 Å². The standard InChI is InChI=1S/C12H19NO/c1-5-12(3,4)10-7-9(13)6-8(2)11(10)14/h6-7,14H,5,13H2,1-4H3. The highest BCUT2D eigenvalue weighted by atomic mass is 16.3. The van der Waals surface area contributed by atoms with E-state index in [1.165, 1.54) is 0 Å². The van der Waals surface area contributed by atoms with Crippen molar-refractivity contribution in [3.05, 3.63) is 23.3 Å². The van der Waals surface area contributed by atoms with Crippen molar-refractivity contribution in [2.75, 3.05) is 5.73 Å². The molecule has 2 heteroatoms. The van der Waals surface area contributed by atoms with Gasteiger partial charge in [0.15, 0.2) is 0 Å². The third-order valence-corrected chi connectivity index (χ3v) is 2.94. The zero-order valence-electron chi connectivity index (χ0n) is 9.39. The maximum absolute atomic E-state index is 9.93. The van der Waals surface area contributed by atoms with E-state index in [0.29, 0.717) is 5.75 Å². The molecule has 0 aliphatic carbocycles. The Balaban J connectivity index is 3.34. The number of aromatic hydroxyl groups is 1. The van der Waals surface area contributed by atoms with Crippen LogP contribution in [-0.2, 0) is 5.41 Å². The van der Waals surface area contributed by atoms with Crippen LogP contribution in [-0.4, -0.2) is 5.11 Å². The van der Waals surface area contributed by atoms with Gasteiger partial charge in [0.2, 0.25) is 0 Å². The second-order valence-corrected chi connectivity index (χ2v) is 4.47. The van der Waals surface area contributed by atoms with Crippen LogP contribution in [0.1, 0.15) is 38.3 Å². The molecule has 78 valence electrons. The highest BCUT2D eigenvalue weighted by molar-refractivity contribution is 5.54. The first-order valence-electron chi connectivity index (χ1n) is 4.98. The molecule has 0 unspecified atom stereocenters. The number of phenolic OH excluding ortho intramolecular Hbond substituents is 1. The van der Waals surface area contributed by atoms with Gasteiger partial charge < -0.3 is 10.8 Å². The van der Waals surface area contributed by atoms with E-state index in [9.17, 15) is 5.11 Å². The molecule has 0 amide bonds. The number of phenols is 1. The zero-order valence-corrected chi connectivity index (χ0v) is 9.39. The van der Waals surface area contributed by atoms with Gasteiger partial charge in [0.05, 0.1) is 0 Å². The van der Waals surface area contributed by atoms with Crippen molar-refractivity contribution in [2.45, 2.75) is 39.5 Å². The van der Waals surface area contributed by atoms with E-state index in [4.69, 9.17) is 5.73 Å². The van der Waals surface area contributed by atoms with Gasteiger partial charge in [-0.1, -0.05) is 20.8 Å². The number of anilines is 1. The van der Waals surface area contributed by atoms with Gasteiger partial charge in [0.25, 0.3) is 0 Å². The van der Waals surface area contributed by atoms with E-state index in [0.717, 1.165) is 23.2 Å². The van der Waals surface area contributed by atoms with Crippen LogP contribution in [0.15, 0.2) is 12.1 Å². The molecule has 0 heterocycles. The van der Waals surface area contributed by atoms with Crippen LogP contribution in [0.2, 0.25) is 0 Å². The Morgan fingerprint density at radius 1 is 1.36 bits per heavy atom. The summed E-state index contributed by atoms with van der Waals surface area (Å²) in [6.45, 7) is 8.21. The Kier molecular flexibility index (Phi) is 2.74. The van der Waals surface area contributed by atoms with Crippen molar-refractivity contribution >= 4 is 5.69 Å². The van der Waals surface area contributed by atoms with Crippen molar-refractivity contribution < 1.29 is 5.11 Å². The van der Waals surface area contributed by atoms with Gasteiger partial charge in [-0.05, 0) is 36.5 Å². The molecule has 3 N–H and O–H groups in total. The molecular weight excluding hydrogens is 174 g/mol. The first kappa shape index (κ1) is 10.9. The van der Waals surface area contributed by atoms with E-state index < -0.39 is 0 Å². The fraction of sp³-hybridized carbons (Fsp3) is 0.500. The van der Waals surface area contributed by atoms with Gasteiger partial charge in [-0.25, -0.2) is 0 Å². The molecule has 0 aliphatic rings. The minimum Gasteiger partial charge on any atom is -0.507 e. The van der Waals surface area contributed by atoms with Gasteiger partial charge in [-0.3, -0.25) is 0 Å². The summed E-state index contributed by atoms with van der Waals surface area (Å²) in [6, 6.07) is 3.66. The summed E-state index contributed by atoms with van der Waals surface area (Å²) in [7, 11) is 0. The fourth-order valence-corrected chi connectivity index (χ4v) is 1.51. The van der Waals surface area contributed by atoms with Gasteiger partial charge in [-0.2, -0.15) is 0 Å². The SMILES string of the molecule is CCC(C)(C)c1cc(N)cc(C)c1O. The van der Waals surface area contributed by atoms with E-state index in [1.807, 2.05) is 13.0 Å². The molecule has 14 heavy (non-hydrogen) atoms. The number of aryl methyl sites for hydroxylation is 1. The molecule has 1 rings (SSSR count). The maximum Gasteiger partial charge on any atom is 0.122 e. The van der Waals surface area contributed by atoms with Crippen LogP contribution in [0.5, 0.6) is 5.75 Å². The lowest BCUT2D eigenvalue weighted by atomic mass is 9.80. The quantitative estimate of drug-likeness (QED) is 0.560. The van der Waals surface area contributed by atoms with Gasteiger partial charge in [0.1, 0.15) is 5.75 Å². The van der Waals surface area contributed by atoms with Crippen LogP contribution in [0.25, 0.3) is 0 Å². The van der Waals surface area contributed by atoms with Crippen LogP contribution in [0, 0.1) is 6.92 Å². The molecule has 0 spiro atoms. The highest BCUT2D eigenvalue weighted by Crippen LogP contribution is 2.36. The summed E-state index contributed by atoms with van der Waals surface area (Å²) in [5.41, 5.74) is 8.26. The molecule has 0 radical (unpaired) electrons. The van der Waals surface area contributed by atoms with Crippen molar-refractivity contribution in [1.29, 1.82) is 0 Å². The molecule has 0 aromatic heterocycles. The monoisotopic (exact) mass is 193 g/mol. The first-order valence-corrected chi connectivity index (χ1v) is 4.98. The molecule has 0 saturated heterocycles. The van der Waals surface area contributed by atoms with E-state index >= 15 is 0 Å². The van der Waals surface area contributed by atoms with Crippen LogP contribution >= 0.6 is 0 Å². The number of hydrogen-bond acceptors (Lipinski definition) is 2. The minimum atomic E-state index is -0.0236. The Morgan fingerprint density at radius 3 is 2.43 bits per heavy atom. The van der Waals surface area contributed by atoms with Crippen molar-refractivity contribution in [3.8, 4) is 5.75 Å². The van der Waals surface area contributed by atoms with Gasteiger partial charge in [-0.15, -0.1) is 0 Å². The average molecular weight is 193 g/mol. The normalized spacial score (nSPS) is 11.7. The Bertz CT molecular complexity index is 342. The van der Waals surface area contributed by atoms with Crippen LogP contribution < -0.4 is 5.73 Å². The van der Waals surface area contributed by atoms with Crippen LogP contribution in [0.3, 0.4) is 0 Å². The molecule has 0 saturated carbocycles. The molecule has 1 aromatic rings. The third kappa shape index (κ3) is 1.84. The van der Waals surface area contributed by atoms with E-state index in [-0.39, 0.29) is 5.41 Å². The smallest absolute Gasteiger partial charge is 0.122 e. The Morgan fingerprint density at radius 2 is 1.93 bits per heavy atom. The number of nitrogens with two attached hydrogens (primary N) is 1. The number of hydrogen-bond donors (Lipinski definition) is 2. The summed E-state index contributed by atoms with van der Waals surface area (Å²) in [6.07, 6.45) is 0.976. The summed E-state index contributed by atoms with van der Waals surface area (Å²) in [5, 5.41) is 9.93. The lowest BCUT2D eigenvalue weighted by Crippen LogP contribution is -2.16. The number of nitrogen functional groups attached to an aromatic ring is 1. The molecule has 1 aromatic carbocycles. The topological polar surface area (TPSA) is 46.2 Å².